The predicted molar refractivity (Wildman–Crippen MR) is 199 cm³/mol. The molecule has 0 aliphatic carbocycles. The zero-order valence-electron chi connectivity index (χ0n) is 30.4. The Morgan fingerprint density at radius 1 is 1.05 bits per heavy atom. The van der Waals surface area contributed by atoms with Crippen LogP contribution in [0.4, 0.5) is 13.2 Å². The fraction of sp³-hybridized carbons (Fsp3) is 0.300. The number of rotatable bonds is 16. The van der Waals surface area contributed by atoms with Gasteiger partial charge in [-0.3, -0.25) is 4.79 Å². The lowest BCUT2D eigenvalue weighted by Gasteiger charge is -2.40. The summed E-state index contributed by atoms with van der Waals surface area (Å²) in [4.78, 5) is 30.6. The number of nitrogens with one attached hydrogen (secondary N) is 1. The van der Waals surface area contributed by atoms with Crippen molar-refractivity contribution in [1.29, 1.82) is 10.5 Å². The van der Waals surface area contributed by atoms with E-state index in [0.717, 1.165) is 12.1 Å². The smallest absolute Gasteiger partial charge is 0.339 e. The van der Waals surface area contributed by atoms with Gasteiger partial charge in [-0.05, 0) is 56.4 Å². The first-order chi connectivity index (χ1) is 27.0. The Morgan fingerprint density at radius 3 is 2.48 bits per heavy atom. The fourth-order valence-corrected chi connectivity index (χ4v) is 7.13. The van der Waals surface area contributed by atoms with E-state index in [4.69, 9.17) is 24.2 Å². The highest BCUT2D eigenvalue weighted by Gasteiger charge is 2.47. The van der Waals surface area contributed by atoms with Crippen LogP contribution in [0.15, 0.2) is 85.5 Å². The van der Waals surface area contributed by atoms with Crippen LogP contribution in [0.2, 0.25) is 0 Å². The van der Waals surface area contributed by atoms with Crippen LogP contribution < -0.4 is 5.32 Å². The van der Waals surface area contributed by atoms with Crippen LogP contribution >= 0.6 is 11.8 Å². The van der Waals surface area contributed by atoms with E-state index < -0.39 is 46.5 Å². The van der Waals surface area contributed by atoms with Gasteiger partial charge in [0.05, 0.1) is 60.3 Å². The van der Waals surface area contributed by atoms with Crippen LogP contribution in [-0.4, -0.2) is 70.3 Å². The third-order valence-electron chi connectivity index (χ3n) is 8.68. The number of benzene rings is 3. The molecule has 4 aromatic rings. The highest BCUT2D eigenvalue weighted by molar-refractivity contribution is 8.00. The van der Waals surface area contributed by atoms with E-state index in [0.29, 0.717) is 18.2 Å². The number of thioether (sulfide) groups is 1. The Morgan fingerprint density at radius 2 is 1.80 bits per heavy atom. The molecule has 56 heavy (non-hydrogen) atoms. The highest BCUT2D eigenvalue weighted by atomic mass is 32.2. The molecular formula is C40H37F3N6O6S. The van der Waals surface area contributed by atoms with Crippen LogP contribution in [0.3, 0.4) is 0 Å². The lowest BCUT2D eigenvalue weighted by atomic mass is 9.89. The van der Waals surface area contributed by atoms with Crippen LogP contribution in [0.25, 0.3) is 6.08 Å². The molecule has 2 heterocycles. The maximum atomic E-state index is 16.0. The summed E-state index contributed by atoms with van der Waals surface area (Å²) in [5.74, 6) is -3.84. The van der Waals surface area contributed by atoms with Gasteiger partial charge >= 0.3 is 11.9 Å². The number of carbonyl (C=O) groups excluding carboxylic acids is 2. The molecular weight excluding hydrogens is 750 g/mol. The fourth-order valence-electron chi connectivity index (χ4n) is 5.77. The Balaban J connectivity index is 1.39. The van der Waals surface area contributed by atoms with E-state index in [9.17, 15) is 23.6 Å². The first-order valence-electron chi connectivity index (χ1n) is 17.3. The maximum absolute atomic E-state index is 16.0. The van der Waals surface area contributed by atoms with Crippen molar-refractivity contribution in [3.8, 4) is 12.1 Å². The number of allylic oxidation sites excluding steroid dienone is 2. The zero-order chi connectivity index (χ0) is 40.1. The summed E-state index contributed by atoms with van der Waals surface area (Å²) >= 11 is 1.28. The second kappa shape index (κ2) is 19.7. The van der Waals surface area contributed by atoms with Crippen molar-refractivity contribution < 1.29 is 41.7 Å². The number of ether oxygens (including phenoxy) is 4. The summed E-state index contributed by atoms with van der Waals surface area (Å²) in [6, 6.07) is 15.2. The van der Waals surface area contributed by atoms with Gasteiger partial charge in [-0.2, -0.15) is 15.6 Å². The number of nitrogens with zero attached hydrogens (tertiary/aromatic N) is 5. The number of nitriles is 2. The number of aromatic nitrogens is 3. The molecule has 1 saturated heterocycles. The lowest BCUT2D eigenvalue weighted by molar-refractivity contribution is -0.146. The minimum absolute atomic E-state index is 0.0793. The van der Waals surface area contributed by atoms with Gasteiger partial charge in [-0.1, -0.05) is 30.4 Å². The van der Waals surface area contributed by atoms with Gasteiger partial charge in [0.15, 0.2) is 11.9 Å². The molecule has 1 aliphatic rings. The number of hydrogen-bond donors (Lipinski definition) is 1. The van der Waals surface area contributed by atoms with E-state index in [1.807, 2.05) is 12.1 Å². The normalized spacial score (nSPS) is 17.2. The third kappa shape index (κ3) is 10.7. The Kier molecular flexibility index (Phi) is 14.6. The van der Waals surface area contributed by atoms with E-state index >= 15 is 4.39 Å². The molecule has 0 radical (unpaired) electrons. The van der Waals surface area contributed by atoms with Crippen molar-refractivity contribution >= 4 is 29.8 Å². The van der Waals surface area contributed by atoms with Gasteiger partial charge in [0.25, 0.3) is 0 Å². The molecule has 290 valence electrons. The molecule has 1 fully saturated rings. The zero-order valence-corrected chi connectivity index (χ0v) is 31.2. The molecule has 12 nitrogen and oxygen atoms in total. The average molecular weight is 787 g/mol. The van der Waals surface area contributed by atoms with Crippen LogP contribution in [-0.2, 0) is 42.5 Å². The number of esters is 2. The first-order valence-corrected chi connectivity index (χ1v) is 18.3. The Hall–Kier alpha value is -5.78. The molecule has 1 aromatic heterocycles. The summed E-state index contributed by atoms with van der Waals surface area (Å²) < 4.78 is 69.4. The SMILES string of the molecule is CNCCC(=O)OCc1ccc(C#N)cc1C(=O)O[C@@](Cn1cncn1)(c1ccc(F)cc1F)[C@@H](C)SC1COC(/C=C/C=C/c2ccc(C#N)cc2F)OC1. The van der Waals surface area contributed by atoms with Crippen molar-refractivity contribution in [2.45, 2.75) is 48.9 Å². The molecule has 1 aliphatic heterocycles. The maximum Gasteiger partial charge on any atom is 0.339 e. The van der Waals surface area contributed by atoms with Gasteiger partial charge in [0.1, 0.15) is 36.7 Å². The van der Waals surface area contributed by atoms with Crippen molar-refractivity contribution in [2.75, 3.05) is 26.8 Å². The summed E-state index contributed by atoms with van der Waals surface area (Å²) in [6.45, 7) is 1.87. The summed E-state index contributed by atoms with van der Waals surface area (Å²) in [6.07, 6.45) is 8.39. The minimum Gasteiger partial charge on any atom is -0.461 e. The van der Waals surface area contributed by atoms with Gasteiger partial charge in [-0.15, -0.1) is 11.8 Å². The standard InChI is InChI=1S/C40H37F3N6O6S/c1-26(56-32-21-53-38(54-22-32)6-4-3-5-29-9-7-28(19-45)16-35(29)42)40(23-49-25-47-24-48-49,34-12-11-31(41)17-36(34)43)55-39(51)33-15-27(18-44)8-10-30(33)20-52-37(50)13-14-46-2/h3-12,15-17,24-26,32,38,46H,13-14,20-23H2,1-2H3/b5-3+,6-4+/t26-,32?,38?,40-/m1/s1. The van der Waals surface area contributed by atoms with Crippen LogP contribution in [0.1, 0.15) is 51.5 Å². The van der Waals surface area contributed by atoms with Gasteiger partial charge in [-0.25, -0.2) is 27.6 Å². The van der Waals surface area contributed by atoms with Gasteiger partial charge < -0.3 is 24.3 Å². The molecule has 0 unspecified atom stereocenters. The monoisotopic (exact) mass is 786 g/mol. The third-order valence-corrected chi connectivity index (χ3v) is 10.1. The van der Waals surface area contributed by atoms with Crippen LogP contribution in [0, 0.1) is 40.1 Å². The minimum atomic E-state index is -1.88. The molecule has 0 amide bonds. The van der Waals surface area contributed by atoms with Crippen LogP contribution in [0.5, 0.6) is 0 Å². The second-order valence-electron chi connectivity index (χ2n) is 12.5. The molecule has 1 N–H and O–H groups in total. The van der Waals surface area contributed by atoms with E-state index in [2.05, 4.69) is 15.4 Å². The second-order valence-corrected chi connectivity index (χ2v) is 14.2. The lowest BCUT2D eigenvalue weighted by Crippen LogP contribution is -2.47. The molecule has 3 aromatic carbocycles. The molecule has 5 rings (SSSR count). The van der Waals surface area contributed by atoms with E-state index in [-0.39, 0.29) is 65.9 Å². The molecule has 0 saturated carbocycles. The number of hydrogen-bond acceptors (Lipinski definition) is 12. The topological polar surface area (TPSA) is 161 Å². The quantitative estimate of drug-likeness (QED) is 0.105. The van der Waals surface area contributed by atoms with Crippen molar-refractivity contribution in [2.24, 2.45) is 0 Å². The summed E-state index contributed by atoms with van der Waals surface area (Å²) in [7, 11) is 1.69. The number of halogens is 3. The first kappa shape index (κ1) is 41.4. The average Bonchev–Trinajstić information content (AvgIpc) is 3.71. The molecule has 16 heteroatoms. The van der Waals surface area contributed by atoms with Crippen molar-refractivity contribution in [1.82, 2.24) is 20.1 Å². The Bertz CT molecular complexity index is 2150. The van der Waals surface area contributed by atoms with E-state index in [1.54, 1.807) is 32.2 Å². The molecule has 0 spiro atoms. The predicted octanol–water partition coefficient (Wildman–Crippen LogP) is 5.98. The molecule has 2 atom stereocenters. The van der Waals surface area contributed by atoms with Crippen molar-refractivity contribution in [3.63, 3.8) is 0 Å². The highest BCUT2D eigenvalue weighted by Crippen LogP contribution is 2.42. The van der Waals surface area contributed by atoms with E-state index in [1.165, 1.54) is 71.6 Å². The van der Waals surface area contributed by atoms with Gasteiger partial charge in [0.2, 0.25) is 0 Å². The largest absolute Gasteiger partial charge is 0.461 e. The number of carbonyl (C=O) groups is 2. The van der Waals surface area contributed by atoms with Gasteiger partial charge in [0, 0.05) is 34.6 Å². The summed E-state index contributed by atoms with van der Waals surface area (Å²) in [5.41, 5.74) is -1.24. The van der Waals surface area contributed by atoms with Crippen molar-refractivity contribution in [3.05, 3.63) is 136 Å². The Labute approximate surface area is 325 Å². The molecule has 0 bridgehead atoms. The summed E-state index contributed by atoms with van der Waals surface area (Å²) in [5, 5.41) is 24.5.